The molecule has 1 saturated carbocycles. The number of ether oxygens (including phenoxy) is 1. The molecule has 1 aliphatic rings. The largest absolute Gasteiger partial charge is 0.484 e. The summed E-state index contributed by atoms with van der Waals surface area (Å²) in [5.74, 6) is 0.333. The third kappa shape index (κ3) is 5.58. The molecule has 1 aromatic rings. The monoisotopic (exact) mass is 315 g/mol. The van der Waals surface area contributed by atoms with E-state index >= 15 is 0 Å². The maximum Gasteiger partial charge on any atom is 0.422 e. The lowest BCUT2D eigenvalue weighted by atomic mass is 9.88. The summed E-state index contributed by atoms with van der Waals surface area (Å²) in [4.78, 5) is 12.0. The molecule has 0 aromatic heterocycles. The van der Waals surface area contributed by atoms with Gasteiger partial charge in [0.2, 0.25) is 5.91 Å². The van der Waals surface area contributed by atoms with Gasteiger partial charge in [0.1, 0.15) is 5.75 Å². The number of halogens is 3. The van der Waals surface area contributed by atoms with Gasteiger partial charge >= 0.3 is 6.18 Å². The summed E-state index contributed by atoms with van der Waals surface area (Å²) in [5.41, 5.74) is 0.837. The highest BCUT2D eigenvalue weighted by molar-refractivity contribution is 5.78. The van der Waals surface area contributed by atoms with Crippen LogP contribution in [0, 0.1) is 5.92 Å². The van der Waals surface area contributed by atoms with Gasteiger partial charge in [0.15, 0.2) is 6.61 Å². The summed E-state index contributed by atoms with van der Waals surface area (Å²) in [6.45, 7) is -0.917. The van der Waals surface area contributed by atoms with E-state index in [4.69, 9.17) is 0 Å². The highest BCUT2D eigenvalue weighted by Crippen LogP contribution is 2.24. The zero-order valence-corrected chi connectivity index (χ0v) is 12.3. The highest BCUT2D eigenvalue weighted by Gasteiger charge is 2.28. The Morgan fingerprint density at radius 1 is 1.14 bits per heavy atom. The summed E-state index contributed by atoms with van der Waals surface area (Å²) < 4.78 is 40.7. The molecule has 0 atom stereocenters. The molecule has 0 spiro atoms. The molecule has 0 heterocycles. The fraction of sp³-hybridized carbons (Fsp3) is 0.562. The zero-order chi connectivity index (χ0) is 16.0. The van der Waals surface area contributed by atoms with Crippen molar-refractivity contribution in [1.29, 1.82) is 0 Å². The molecule has 1 aliphatic carbocycles. The van der Waals surface area contributed by atoms with E-state index in [2.05, 4.69) is 10.1 Å². The highest BCUT2D eigenvalue weighted by atomic mass is 19.4. The second-order valence-electron chi connectivity index (χ2n) is 5.60. The van der Waals surface area contributed by atoms with Gasteiger partial charge in [-0.25, -0.2) is 0 Å². The van der Waals surface area contributed by atoms with Gasteiger partial charge in [0.05, 0.1) is 0 Å². The minimum Gasteiger partial charge on any atom is -0.484 e. The fourth-order valence-corrected chi connectivity index (χ4v) is 2.57. The summed E-state index contributed by atoms with van der Waals surface area (Å²) in [7, 11) is 0. The molecule has 1 N–H and O–H groups in total. The predicted octanol–water partition coefficient (Wildman–Crippen LogP) is 3.82. The smallest absolute Gasteiger partial charge is 0.422 e. The summed E-state index contributed by atoms with van der Waals surface area (Å²) in [5, 5.41) is 2.88. The van der Waals surface area contributed by atoms with E-state index in [1.165, 1.54) is 18.6 Å². The van der Waals surface area contributed by atoms with Crippen LogP contribution in [0.5, 0.6) is 5.75 Å². The number of rotatable bonds is 5. The molecule has 122 valence electrons. The molecular formula is C16H20F3NO2. The van der Waals surface area contributed by atoms with E-state index in [9.17, 15) is 18.0 Å². The molecule has 2 rings (SSSR count). The first-order valence-electron chi connectivity index (χ1n) is 7.50. The van der Waals surface area contributed by atoms with Crippen LogP contribution in [0.1, 0.15) is 37.7 Å². The number of nitrogens with one attached hydrogen (secondary N) is 1. The molecular weight excluding hydrogens is 295 g/mol. The maximum absolute atomic E-state index is 12.0. The van der Waals surface area contributed by atoms with Crippen molar-refractivity contribution in [2.24, 2.45) is 5.92 Å². The van der Waals surface area contributed by atoms with Crippen molar-refractivity contribution in [1.82, 2.24) is 5.32 Å². The summed E-state index contributed by atoms with van der Waals surface area (Å²) in [6, 6.07) is 6.28. The third-order valence-corrected chi connectivity index (χ3v) is 3.77. The first-order chi connectivity index (χ1) is 10.4. The van der Waals surface area contributed by atoms with Crippen molar-refractivity contribution in [3.05, 3.63) is 29.8 Å². The van der Waals surface area contributed by atoms with E-state index in [0.29, 0.717) is 6.54 Å². The molecule has 0 bridgehead atoms. The van der Waals surface area contributed by atoms with E-state index < -0.39 is 12.8 Å². The van der Waals surface area contributed by atoms with Crippen LogP contribution >= 0.6 is 0 Å². The summed E-state index contributed by atoms with van der Waals surface area (Å²) in [6.07, 6.45) is 0.939. The van der Waals surface area contributed by atoms with Crippen LogP contribution < -0.4 is 10.1 Å². The van der Waals surface area contributed by atoms with Gasteiger partial charge < -0.3 is 10.1 Å². The standard InChI is InChI=1S/C16H20F3NO2/c17-16(18,19)11-22-14-8-6-12(7-9-14)10-20-15(21)13-4-2-1-3-5-13/h6-9,13H,1-5,10-11H2,(H,20,21). The Kier molecular flexibility index (Phi) is 5.69. The molecule has 0 radical (unpaired) electrons. The van der Waals surface area contributed by atoms with E-state index in [0.717, 1.165) is 31.2 Å². The molecule has 3 nitrogen and oxygen atoms in total. The van der Waals surface area contributed by atoms with Crippen LogP contribution in [0.3, 0.4) is 0 Å². The molecule has 6 heteroatoms. The van der Waals surface area contributed by atoms with Crippen molar-refractivity contribution in [3.8, 4) is 5.75 Å². The minimum atomic E-state index is -4.34. The molecule has 1 amide bonds. The van der Waals surface area contributed by atoms with Gasteiger partial charge in [-0.05, 0) is 30.5 Å². The number of hydrogen-bond donors (Lipinski definition) is 1. The Morgan fingerprint density at radius 3 is 2.36 bits per heavy atom. The Morgan fingerprint density at radius 2 is 1.77 bits per heavy atom. The van der Waals surface area contributed by atoms with Crippen molar-refractivity contribution in [2.45, 2.75) is 44.8 Å². The molecule has 0 aliphatic heterocycles. The van der Waals surface area contributed by atoms with Crippen molar-refractivity contribution >= 4 is 5.91 Å². The van der Waals surface area contributed by atoms with E-state index in [-0.39, 0.29) is 17.6 Å². The topological polar surface area (TPSA) is 38.3 Å². The zero-order valence-electron chi connectivity index (χ0n) is 12.3. The van der Waals surface area contributed by atoms with Gasteiger partial charge in [-0.1, -0.05) is 31.4 Å². The van der Waals surface area contributed by atoms with Gasteiger partial charge in [-0.3, -0.25) is 4.79 Å². The molecule has 1 fully saturated rings. The van der Waals surface area contributed by atoms with Crippen molar-refractivity contribution in [3.63, 3.8) is 0 Å². The molecule has 0 saturated heterocycles. The van der Waals surface area contributed by atoms with Gasteiger partial charge in [-0.15, -0.1) is 0 Å². The quantitative estimate of drug-likeness (QED) is 0.897. The average molecular weight is 315 g/mol. The maximum atomic E-state index is 12.0. The van der Waals surface area contributed by atoms with Crippen LogP contribution in [0.2, 0.25) is 0 Å². The first kappa shape index (κ1) is 16.6. The second-order valence-corrected chi connectivity index (χ2v) is 5.60. The van der Waals surface area contributed by atoms with E-state index in [1.807, 2.05) is 0 Å². The van der Waals surface area contributed by atoms with Crippen molar-refractivity contribution in [2.75, 3.05) is 6.61 Å². The van der Waals surface area contributed by atoms with Gasteiger partial charge in [0, 0.05) is 12.5 Å². The van der Waals surface area contributed by atoms with Crippen LogP contribution in [-0.2, 0) is 11.3 Å². The lowest BCUT2D eigenvalue weighted by molar-refractivity contribution is -0.153. The Balaban J connectivity index is 1.77. The van der Waals surface area contributed by atoms with Gasteiger partial charge in [-0.2, -0.15) is 13.2 Å². The fourth-order valence-electron chi connectivity index (χ4n) is 2.57. The van der Waals surface area contributed by atoms with Crippen LogP contribution in [-0.4, -0.2) is 18.7 Å². The second kappa shape index (κ2) is 7.51. The van der Waals surface area contributed by atoms with Crippen LogP contribution in [0.25, 0.3) is 0 Å². The number of amides is 1. The normalized spacial score (nSPS) is 16.3. The van der Waals surface area contributed by atoms with Gasteiger partial charge in [0.25, 0.3) is 0 Å². The number of hydrogen-bond acceptors (Lipinski definition) is 2. The number of carbonyl (C=O) groups excluding carboxylic acids is 1. The van der Waals surface area contributed by atoms with Crippen LogP contribution in [0.15, 0.2) is 24.3 Å². The Hall–Kier alpha value is -1.72. The van der Waals surface area contributed by atoms with Crippen molar-refractivity contribution < 1.29 is 22.7 Å². The lowest BCUT2D eigenvalue weighted by Crippen LogP contribution is -2.31. The Labute approximate surface area is 127 Å². The molecule has 22 heavy (non-hydrogen) atoms. The number of carbonyl (C=O) groups is 1. The predicted molar refractivity (Wildman–Crippen MR) is 76.4 cm³/mol. The summed E-state index contributed by atoms with van der Waals surface area (Å²) >= 11 is 0. The number of benzene rings is 1. The number of alkyl halides is 3. The van der Waals surface area contributed by atoms with E-state index in [1.54, 1.807) is 12.1 Å². The lowest BCUT2D eigenvalue weighted by Gasteiger charge is -2.20. The Bertz CT molecular complexity index is 479. The average Bonchev–Trinajstić information content (AvgIpc) is 2.52. The first-order valence-corrected chi connectivity index (χ1v) is 7.50. The molecule has 1 aromatic carbocycles. The SMILES string of the molecule is O=C(NCc1ccc(OCC(F)(F)F)cc1)C1CCCCC1. The third-order valence-electron chi connectivity index (χ3n) is 3.77. The molecule has 0 unspecified atom stereocenters. The minimum absolute atomic E-state index is 0.0668. The van der Waals surface area contributed by atoms with Crippen LogP contribution in [0.4, 0.5) is 13.2 Å².